The molecule has 0 heterocycles. The van der Waals surface area contributed by atoms with Crippen LogP contribution in [-0.4, -0.2) is 30.3 Å². The Labute approximate surface area is 234 Å². The summed E-state index contributed by atoms with van der Waals surface area (Å²) in [6, 6.07) is 26.5. The van der Waals surface area contributed by atoms with E-state index in [1.165, 1.54) is 25.5 Å². The van der Waals surface area contributed by atoms with Gasteiger partial charge in [-0.1, -0.05) is 58.4 Å². The second-order valence-electron chi connectivity index (χ2n) is 8.31. The fraction of sp³-hybridized carbons (Fsp3) is 0.100. The number of carboxylic acids is 1. The predicted octanol–water partition coefficient (Wildman–Crippen LogP) is 6.08. The molecule has 4 aromatic rings. The number of aromatic carboxylic acids is 1. The molecule has 1 amide bonds. The molecule has 0 saturated carbocycles. The number of ether oxygens (including phenoxy) is 3. The van der Waals surface area contributed by atoms with Gasteiger partial charge in [-0.15, -0.1) is 0 Å². The molecule has 0 spiro atoms. The van der Waals surface area contributed by atoms with Gasteiger partial charge in [0.05, 0.1) is 18.9 Å². The number of halogens is 1. The van der Waals surface area contributed by atoms with E-state index < -0.39 is 11.9 Å². The molecule has 0 radical (unpaired) electrons. The molecule has 0 unspecified atom stereocenters. The smallest absolute Gasteiger partial charge is 0.335 e. The zero-order valence-corrected chi connectivity index (χ0v) is 22.6. The number of rotatable bonds is 11. The number of amides is 1. The molecule has 2 N–H and O–H groups in total. The van der Waals surface area contributed by atoms with Crippen molar-refractivity contribution < 1.29 is 28.9 Å². The van der Waals surface area contributed by atoms with Gasteiger partial charge >= 0.3 is 5.97 Å². The zero-order chi connectivity index (χ0) is 27.6. The van der Waals surface area contributed by atoms with E-state index in [0.29, 0.717) is 35.0 Å². The molecule has 0 fully saturated rings. The highest BCUT2D eigenvalue weighted by Crippen LogP contribution is 2.29. The lowest BCUT2D eigenvalue weighted by Gasteiger charge is -2.12. The molecule has 0 aliphatic carbocycles. The number of carboxylic acid groups (broad SMARTS) is 1. The van der Waals surface area contributed by atoms with E-state index in [9.17, 15) is 9.59 Å². The van der Waals surface area contributed by atoms with E-state index in [1.807, 2.05) is 36.4 Å². The molecule has 8 nitrogen and oxygen atoms in total. The summed E-state index contributed by atoms with van der Waals surface area (Å²) in [6.45, 7) is 0.602. The summed E-state index contributed by atoms with van der Waals surface area (Å²) >= 11 is 3.44. The first kappa shape index (κ1) is 27.4. The van der Waals surface area contributed by atoms with Crippen LogP contribution in [0.25, 0.3) is 0 Å². The minimum atomic E-state index is -0.985. The van der Waals surface area contributed by atoms with Crippen molar-refractivity contribution in [3.05, 3.63) is 123 Å². The molecule has 9 heteroatoms. The van der Waals surface area contributed by atoms with Crippen LogP contribution in [0.3, 0.4) is 0 Å². The Morgan fingerprint density at radius 1 is 0.821 bits per heavy atom. The average molecular weight is 589 g/mol. The quantitative estimate of drug-likeness (QED) is 0.162. The van der Waals surface area contributed by atoms with Gasteiger partial charge in [0.2, 0.25) is 0 Å². The fourth-order valence-corrected chi connectivity index (χ4v) is 3.92. The van der Waals surface area contributed by atoms with Crippen LogP contribution in [0.5, 0.6) is 17.2 Å². The molecule has 0 saturated heterocycles. The highest BCUT2D eigenvalue weighted by molar-refractivity contribution is 9.10. The zero-order valence-electron chi connectivity index (χ0n) is 21.0. The van der Waals surface area contributed by atoms with Gasteiger partial charge in [-0.25, -0.2) is 10.2 Å². The topological polar surface area (TPSA) is 106 Å². The molecule has 0 bridgehead atoms. The molecule has 4 rings (SSSR count). The van der Waals surface area contributed by atoms with E-state index in [4.69, 9.17) is 19.3 Å². The van der Waals surface area contributed by atoms with Crippen LogP contribution < -0.4 is 19.6 Å². The number of hydrogen-bond acceptors (Lipinski definition) is 6. The van der Waals surface area contributed by atoms with E-state index >= 15 is 0 Å². The lowest BCUT2D eigenvalue weighted by molar-refractivity contribution is 0.0696. The third-order valence-electron chi connectivity index (χ3n) is 5.60. The van der Waals surface area contributed by atoms with Crippen molar-refractivity contribution in [2.24, 2.45) is 5.10 Å². The van der Waals surface area contributed by atoms with Gasteiger partial charge < -0.3 is 19.3 Å². The summed E-state index contributed by atoms with van der Waals surface area (Å²) in [5.74, 6) is 0.0912. The largest absolute Gasteiger partial charge is 0.493 e. The van der Waals surface area contributed by atoms with Crippen molar-refractivity contribution in [3.63, 3.8) is 0 Å². The van der Waals surface area contributed by atoms with Crippen LogP contribution in [-0.2, 0) is 13.2 Å². The third-order valence-corrected chi connectivity index (χ3v) is 6.09. The van der Waals surface area contributed by atoms with E-state index in [1.54, 1.807) is 42.5 Å². The lowest BCUT2D eigenvalue weighted by atomic mass is 10.1. The second-order valence-corrected chi connectivity index (χ2v) is 9.23. The first-order chi connectivity index (χ1) is 18.9. The van der Waals surface area contributed by atoms with Crippen molar-refractivity contribution in [1.29, 1.82) is 0 Å². The van der Waals surface area contributed by atoms with Crippen LogP contribution in [0, 0.1) is 0 Å². The van der Waals surface area contributed by atoms with Gasteiger partial charge in [0.1, 0.15) is 19.0 Å². The monoisotopic (exact) mass is 588 g/mol. The first-order valence-corrected chi connectivity index (χ1v) is 12.6. The lowest BCUT2D eigenvalue weighted by Crippen LogP contribution is -2.17. The van der Waals surface area contributed by atoms with Crippen LogP contribution in [0.15, 0.2) is 101 Å². The summed E-state index contributed by atoms with van der Waals surface area (Å²) in [6.07, 6.45) is 1.49. The Balaban J connectivity index is 1.39. The molecule has 0 aliphatic heterocycles. The van der Waals surface area contributed by atoms with Gasteiger partial charge in [-0.05, 0) is 59.7 Å². The third kappa shape index (κ3) is 7.68. The van der Waals surface area contributed by atoms with E-state index in [-0.39, 0.29) is 12.2 Å². The van der Waals surface area contributed by atoms with Crippen molar-refractivity contribution in [2.75, 3.05) is 7.11 Å². The first-order valence-electron chi connectivity index (χ1n) is 11.9. The maximum atomic E-state index is 12.7. The average Bonchev–Trinajstić information content (AvgIpc) is 2.96. The molecule has 0 aromatic heterocycles. The van der Waals surface area contributed by atoms with Crippen LogP contribution in [0.4, 0.5) is 0 Å². The molecular formula is C30H25BrN2O6. The molecule has 198 valence electrons. The van der Waals surface area contributed by atoms with Crippen molar-refractivity contribution in [3.8, 4) is 17.2 Å². The Kier molecular flexibility index (Phi) is 9.31. The van der Waals surface area contributed by atoms with Gasteiger partial charge in [0, 0.05) is 15.6 Å². The van der Waals surface area contributed by atoms with Gasteiger partial charge in [0.25, 0.3) is 5.91 Å². The summed E-state index contributed by atoms with van der Waals surface area (Å²) in [7, 11) is 1.51. The Morgan fingerprint density at radius 3 is 2.15 bits per heavy atom. The Bertz CT molecular complexity index is 1470. The van der Waals surface area contributed by atoms with E-state index in [2.05, 4.69) is 26.5 Å². The molecule has 0 atom stereocenters. The summed E-state index contributed by atoms with van der Waals surface area (Å²) in [5, 5.41) is 13.1. The Hall–Kier alpha value is -4.63. The van der Waals surface area contributed by atoms with Gasteiger partial charge in [-0.3, -0.25) is 4.79 Å². The number of benzene rings is 4. The highest BCUT2D eigenvalue weighted by atomic mass is 79.9. The minimum absolute atomic E-state index is 0.206. The number of carbonyl (C=O) groups excluding carboxylic acids is 1. The summed E-state index contributed by atoms with van der Waals surface area (Å²) < 4.78 is 18.0. The van der Waals surface area contributed by atoms with Crippen molar-refractivity contribution in [2.45, 2.75) is 13.2 Å². The number of carbonyl (C=O) groups is 2. The van der Waals surface area contributed by atoms with E-state index in [0.717, 1.165) is 15.6 Å². The number of nitrogens with zero attached hydrogens (tertiary/aromatic N) is 1. The molecule has 0 aliphatic rings. The summed E-state index contributed by atoms with van der Waals surface area (Å²) in [5.41, 5.74) is 5.54. The molecule has 4 aromatic carbocycles. The minimum Gasteiger partial charge on any atom is -0.493 e. The predicted molar refractivity (Wildman–Crippen MR) is 151 cm³/mol. The number of nitrogens with one attached hydrogen (secondary N) is 1. The Morgan fingerprint density at radius 2 is 1.46 bits per heavy atom. The van der Waals surface area contributed by atoms with Gasteiger partial charge in [-0.2, -0.15) is 5.10 Å². The maximum absolute atomic E-state index is 12.7. The van der Waals surface area contributed by atoms with Crippen molar-refractivity contribution >= 4 is 34.0 Å². The van der Waals surface area contributed by atoms with Gasteiger partial charge in [0.15, 0.2) is 11.5 Å². The molecule has 39 heavy (non-hydrogen) atoms. The van der Waals surface area contributed by atoms with Crippen LogP contribution >= 0.6 is 15.9 Å². The maximum Gasteiger partial charge on any atom is 0.335 e. The molecular weight excluding hydrogens is 564 g/mol. The fourth-order valence-electron chi connectivity index (χ4n) is 3.54. The number of hydrogen-bond donors (Lipinski definition) is 2. The highest BCUT2D eigenvalue weighted by Gasteiger charge is 2.12. The summed E-state index contributed by atoms with van der Waals surface area (Å²) in [4.78, 5) is 23.8. The number of hydrazone groups is 1. The van der Waals surface area contributed by atoms with Crippen LogP contribution in [0.1, 0.15) is 37.4 Å². The van der Waals surface area contributed by atoms with Crippen LogP contribution in [0.2, 0.25) is 0 Å². The number of methoxy groups -OCH3 is 1. The standard InChI is InChI=1S/C30H25BrN2O6/c1-37-28-16-23(11-13-27(28)39-18-20-5-3-2-4-6-20)29(34)33-32-17-24-15-25(31)12-14-26(24)38-19-21-7-9-22(10-8-21)30(35)36/h2-17H,18-19H2,1H3,(H,33,34)(H,35,36)/b32-17+. The van der Waals surface area contributed by atoms with Crippen molar-refractivity contribution in [1.82, 2.24) is 5.43 Å². The second kappa shape index (κ2) is 13.3. The normalized spacial score (nSPS) is 10.7. The SMILES string of the molecule is COc1cc(C(=O)N/N=C/c2cc(Br)ccc2OCc2ccc(C(=O)O)cc2)ccc1OCc1ccccc1.